The molecule has 6 heteroatoms. The molecule has 1 saturated heterocycles. The van der Waals surface area contributed by atoms with Gasteiger partial charge < -0.3 is 15.4 Å². The van der Waals surface area contributed by atoms with Gasteiger partial charge in [0.1, 0.15) is 0 Å². The van der Waals surface area contributed by atoms with Crippen molar-refractivity contribution in [2.45, 2.75) is 31.8 Å². The van der Waals surface area contributed by atoms with Gasteiger partial charge in [-0.3, -0.25) is 4.79 Å². The minimum Gasteiger partial charge on any atom is -0.376 e. The number of hydrogen-bond acceptors (Lipinski definition) is 5. The number of carbonyl (C=O) groups is 1. The van der Waals surface area contributed by atoms with Crippen LogP contribution in [0, 0.1) is 0 Å². The Morgan fingerprint density at radius 3 is 3.22 bits per heavy atom. The van der Waals surface area contributed by atoms with Crippen molar-refractivity contribution in [3.63, 3.8) is 0 Å². The van der Waals surface area contributed by atoms with Crippen LogP contribution in [0.4, 0.5) is 10.8 Å². The third-order valence-electron chi connectivity index (χ3n) is 4.31. The second kappa shape index (κ2) is 6.29. The molecule has 2 aliphatic heterocycles. The van der Waals surface area contributed by atoms with E-state index in [9.17, 15) is 4.79 Å². The highest BCUT2D eigenvalue weighted by Gasteiger charge is 2.17. The second-order valence-corrected chi connectivity index (χ2v) is 6.83. The van der Waals surface area contributed by atoms with E-state index in [1.54, 1.807) is 11.3 Å². The smallest absolute Gasteiger partial charge is 0.224 e. The monoisotopic (exact) mass is 329 g/mol. The molecule has 1 fully saturated rings. The number of amides is 1. The van der Waals surface area contributed by atoms with Crippen molar-refractivity contribution >= 4 is 28.1 Å². The SMILES string of the molecule is O=C1CCc2cc(-c3csc(NC[C@@H]4CCCO4)n3)ccc2N1. The number of anilines is 2. The highest BCUT2D eigenvalue weighted by molar-refractivity contribution is 7.14. The van der Waals surface area contributed by atoms with Crippen LogP contribution in [0.5, 0.6) is 0 Å². The fourth-order valence-electron chi connectivity index (χ4n) is 3.04. The first-order valence-corrected chi connectivity index (χ1v) is 8.90. The molecule has 0 saturated carbocycles. The number of aryl methyl sites for hydroxylation is 1. The lowest BCUT2D eigenvalue weighted by Crippen LogP contribution is -2.18. The number of nitrogens with one attached hydrogen (secondary N) is 2. The molecule has 2 aromatic rings. The van der Waals surface area contributed by atoms with Gasteiger partial charge >= 0.3 is 0 Å². The summed E-state index contributed by atoms with van der Waals surface area (Å²) in [6, 6.07) is 6.12. The average molecular weight is 329 g/mol. The van der Waals surface area contributed by atoms with E-state index in [2.05, 4.69) is 27.1 Å². The molecule has 0 bridgehead atoms. The maximum absolute atomic E-state index is 11.4. The summed E-state index contributed by atoms with van der Waals surface area (Å²) in [4.78, 5) is 16.1. The standard InChI is InChI=1S/C17H19N3O2S/c21-16-6-4-11-8-12(3-5-14(11)19-16)15-10-23-17(20-15)18-9-13-2-1-7-22-13/h3,5,8,10,13H,1-2,4,6-7,9H2,(H,18,20)(H,19,21)/t13-/m0/s1. The van der Waals surface area contributed by atoms with Crippen LogP contribution in [0.1, 0.15) is 24.8 Å². The zero-order valence-electron chi connectivity index (χ0n) is 12.8. The summed E-state index contributed by atoms with van der Waals surface area (Å²) in [6.07, 6.45) is 3.95. The van der Waals surface area contributed by atoms with Gasteiger partial charge in [-0.2, -0.15) is 0 Å². The van der Waals surface area contributed by atoms with Crippen LogP contribution < -0.4 is 10.6 Å². The minimum absolute atomic E-state index is 0.0968. The summed E-state index contributed by atoms with van der Waals surface area (Å²) in [5.74, 6) is 0.0968. The molecule has 4 rings (SSSR count). The molecule has 1 aromatic carbocycles. The predicted octanol–water partition coefficient (Wildman–Crippen LogP) is 3.29. The molecule has 2 N–H and O–H groups in total. The van der Waals surface area contributed by atoms with Gasteiger partial charge in [-0.25, -0.2) is 4.98 Å². The number of rotatable bonds is 4. The Labute approximate surface area is 139 Å². The van der Waals surface area contributed by atoms with Crippen LogP contribution in [-0.2, 0) is 16.0 Å². The summed E-state index contributed by atoms with van der Waals surface area (Å²) in [5, 5.41) is 9.28. The maximum Gasteiger partial charge on any atom is 0.224 e. The highest BCUT2D eigenvalue weighted by atomic mass is 32.1. The first kappa shape index (κ1) is 14.7. The average Bonchev–Trinajstić information content (AvgIpc) is 3.24. The van der Waals surface area contributed by atoms with E-state index in [-0.39, 0.29) is 5.91 Å². The van der Waals surface area contributed by atoms with Crippen LogP contribution in [-0.4, -0.2) is 30.1 Å². The van der Waals surface area contributed by atoms with E-state index < -0.39 is 0 Å². The van der Waals surface area contributed by atoms with Gasteiger partial charge in [0.15, 0.2) is 5.13 Å². The normalized spacial score (nSPS) is 20.2. The topological polar surface area (TPSA) is 63.2 Å². The molecule has 0 unspecified atom stereocenters. The molecular weight excluding hydrogens is 310 g/mol. The number of nitrogens with zero attached hydrogens (tertiary/aromatic N) is 1. The number of benzene rings is 1. The molecule has 5 nitrogen and oxygen atoms in total. The Balaban J connectivity index is 1.47. The third kappa shape index (κ3) is 3.23. The molecule has 1 amide bonds. The number of thiazole rings is 1. The highest BCUT2D eigenvalue weighted by Crippen LogP contribution is 2.30. The van der Waals surface area contributed by atoms with Crippen LogP contribution in [0.2, 0.25) is 0 Å². The quantitative estimate of drug-likeness (QED) is 0.903. The fourth-order valence-corrected chi connectivity index (χ4v) is 3.77. The summed E-state index contributed by atoms with van der Waals surface area (Å²) in [5.41, 5.74) is 4.19. The minimum atomic E-state index is 0.0968. The fraction of sp³-hybridized carbons (Fsp3) is 0.412. The van der Waals surface area contributed by atoms with Gasteiger partial charge in [-0.15, -0.1) is 11.3 Å². The molecule has 1 atom stereocenters. The lowest BCUT2D eigenvalue weighted by molar-refractivity contribution is -0.116. The molecule has 0 radical (unpaired) electrons. The Morgan fingerprint density at radius 1 is 1.39 bits per heavy atom. The van der Waals surface area contributed by atoms with Crippen molar-refractivity contribution in [2.24, 2.45) is 0 Å². The summed E-state index contributed by atoms with van der Waals surface area (Å²) in [7, 11) is 0. The molecule has 120 valence electrons. The predicted molar refractivity (Wildman–Crippen MR) is 92.0 cm³/mol. The van der Waals surface area contributed by atoms with E-state index in [0.29, 0.717) is 12.5 Å². The van der Waals surface area contributed by atoms with E-state index in [0.717, 1.165) is 54.5 Å². The number of ether oxygens (including phenoxy) is 1. The number of aromatic nitrogens is 1. The van der Waals surface area contributed by atoms with Crippen molar-refractivity contribution in [3.8, 4) is 11.3 Å². The largest absolute Gasteiger partial charge is 0.376 e. The van der Waals surface area contributed by atoms with Gasteiger partial charge in [0.25, 0.3) is 0 Å². The van der Waals surface area contributed by atoms with Gasteiger partial charge in [0, 0.05) is 36.2 Å². The maximum atomic E-state index is 11.4. The van der Waals surface area contributed by atoms with Crippen molar-refractivity contribution < 1.29 is 9.53 Å². The first-order valence-electron chi connectivity index (χ1n) is 8.02. The zero-order chi connectivity index (χ0) is 15.6. The molecule has 2 aliphatic rings. The molecular formula is C17H19N3O2S. The Bertz CT molecular complexity index is 722. The molecule has 23 heavy (non-hydrogen) atoms. The summed E-state index contributed by atoms with van der Waals surface area (Å²) >= 11 is 1.62. The van der Waals surface area contributed by atoms with Crippen LogP contribution in [0.3, 0.4) is 0 Å². The number of hydrogen-bond donors (Lipinski definition) is 2. The van der Waals surface area contributed by atoms with Crippen LogP contribution in [0.25, 0.3) is 11.3 Å². The van der Waals surface area contributed by atoms with E-state index in [1.165, 1.54) is 5.56 Å². The van der Waals surface area contributed by atoms with Crippen LogP contribution in [0.15, 0.2) is 23.6 Å². The van der Waals surface area contributed by atoms with Crippen molar-refractivity contribution in [2.75, 3.05) is 23.8 Å². The number of fused-ring (bicyclic) bond motifs is 1. The van der Waals surface area contributed by atoms with Crippen molar-refractivity contribution in [1.29, 1.82) is 0 Å². The Kier molecular flexibility index (Phi) is 4.01. The summed E-state index contributed by atoms with van der Waals surface area (Å²) < 4.78 is 5.62. The van der Waals surface area contributed by atoms with Crippen molar-refractivity contribution in [3.05, 3.63) is 29.1 Å². The van der Waals surface area contributed by atoms with E-state index in [1.807, 2.05) is 12.1 Å². The van der Waals surface area contributed by atoms with Crippen LogP contribution >= 0.6 is 11.3 Å². The van der Waals surface area contributed by atoms with Gasteiger partial charge in [0.2, 0.25) is 5.91 Å². The van der Waals surface area contributed by atoms with Crippen molar-refractivity contribution in [1.82, 2.24) is 4.98 Å². The lowest BCUT2D eigenvalue weighted by Gasteiger charge is -2.17. The molecule has 0 aliphatic carbocycles. The Morgan fingerprint density at radius 2 is 2.35 bits per heavy atom. The van der Waals surface area contributed by atoms with Gasteiger partial charge in [0.05, 0.1) is 11.8 Å². The Hall–Kier alpha value is -1.92. The van der Waals surface area contributed by atoms with Gasteiger partial charge in [-0.05, 0) is 37.0 Å². The molecule has 0 spiro atoms. The third-order valence-corrected chi connectivity index (χ3v) is 5.11. The molecule has 3 heterocycles. The zero-order valence-corrected chi connectivity index (χ0v) is 13.6. The first-order chi connectivity index (χ1) is 11.3. The molecule has 1 aromatic heterocycles. The van der Waals surface area contributed by atoms with E-state index in [4.69, 9.17) is 4.74 Å². The van der Waals surface area contributed by atoms with E-state index >= 15 is 0 Å². The lowest BCUT2D eigenvalue weighted by atomic mass is 9.99. The second-order valence-electron chi connectivity index (χ2n) is 5.97. The number of carbonyl (C=O) groups excluding carboxylic acids is 1. The summed E-state index contributed by atoms with van der Waals surface area (Å²) in [6.45, 7) is 1.70. The van der Waals surface area contributed by atoms with Gasteiger partial charge in [-0.1, -0.05) is 6.07 Å².